The maximum Gasteiger partial charge on any atom is 0.210 e. The highest BCUT2D eigenvalue weighted by Crippen LogP contribution is 2.45. The third kappa shape index (κ3) is 2.78. The largest absolute Gasteiger partial charge is 0.338 e. The van der Waals surface area contributed by atoms with Gasteiger partial charge in [0.15, 0.2) is 0 Å². The van der Waals surface area contributed by atoms with Gasteiger partial charge in [-0.15, -0.1) is 0 Å². The highest BCUT2D eigenvalue weighted by Gasteiger charge is 2.44. The molecule has 1 aromatic carbocycles. The first-order valence-corrected chi connectivity index (χ1v) is 8.20. The predicted molar refractivity (Wildman–Crippen MR) is 91.1 cm³/mol. The first kappa shape index (κ1) is 15.8. The van der Waals surface area contributed by atoms with E-state index >= 15 is 0 Å². The molecule has 0 bridgehead atoms. The summed E-state index contributed by atoms with van der Waals surface area (Å²) in [5.74, 6) is 0. The topological polar surface area (TPSA) is 38.1 Å². The van der Waals surface area contributed by atoms with Gasteiger partial charge >= 0.3 is 0 Å². The van der Waals surface area contributed by atoms with Gasteiger partial charge in [0.1, 0.15) is 0 Å². The Balaban J connectivity index is 1.71. The molecule has 122 valence electrons. The molecule has 1 fully saturated rings. The van der Waals surface area contributed by atoms with Crippen molar-refractivity contribution in [2.75, 3.05) is 0 Å². The van der Waals surface area contributed by atoms with Gasteiger partial charge in [0.2, 0.25) is 6.41 Å². The predicted octanol–water partition coefficient (Wildman–Crippen LogP) is 3.12. The number of carbonyl (C=O) groups excluding carboxylic acids is 1. The highest BCUT2D eigenvalue weighted by molar-refractivity contribution is 5.50. The van der Waals surface area contributed by atoms with Gasteiger partial charge in [0, 0.05) is 30.9 Å². The van der Waals surface area contributed by atoms with E-state index in [1.807, 2.05) is 23.6 Å². The van der Waals surface area contributed by atoms with Crippen molar-refractivity contribution < 1.29 is 4.79 Å². The fourth-order valence-electron chi connectivity index (χ4n) is 3.77. The summed E-state index contributed by atoms with van der Waals surface area (Å²) in [5.41, 5.74) is 4.89. The van der Waals surface area contributed by atoms with Crippen LogP contribution in [-0.4, -0.2) is 27.1 Å². The molecule has 0 unspecified atom stereocenters. The van der Waals surface area contributed by atoms with E-state index in [4.69, 9.17) is 0 Å². The molecule has 1 heterocycles. The molecule has 0 aliphatic heterocycles. The Hall–Kier alpha value is -2.10. The molecule has 0 spiro atoms. The number of hydrogen-bond acceptors (Lipinski definition) is 2. The number of aromatic nitrogens is 2. The second-order valence-electron chi connectivity index (χ2n) is 7.04. The zero-order chi connectivity index (χ0) is 16.6. The van der Waals surface area contributed by atoms with Crippen LogP contribution in [-0.2, 0) is 23.8 Å². The zero-order valence-corrected chi connectivity index (χ0v) is 14.4. The summed E-state index contributed by atoms with van der Waals surface area (Å²) < 4.78 is 1.89. The van der Waals surface area contributed by atoms with E-state index in [1.54, 1.807) is 0 Å². The van der Waals surface area contributed by atoms with Crippen LogP contribution in [0.1, 0.15) is 42.3 Å². The summed E-state index contributed by atoms with van der Waals surface area (Å²) in [7, 11) is 1.95. The van der Waals surface area contributed by atoms with Crippen LogP contribution in [0.25, 0.3) is 0 Å². The number of rotatable bonds is 5. The summed E-state index contributed by atoms with van der Waals surface area (Å²) in [6, 6.07) is 10.9. The molecule has 1 aliphatic rings. The second kappa shape index (κ2) is 5.84. The second-order valence-corrected chi connectivity index (χ2v) is 7.04. The number of hydrogen-bond donors (Lipinski definition) is 0. The summed E-state index contributed by atoms with van der Waals surface area (Å²) in [4.78, 5) is 13.6. The lowest BCUT2D eigenvalue weighted by Crippen LogP contribution is -2.51. The number of nitrogens with zero attached hydrogens (tertiary/aromatic N) is 3. The van der Waals surface area contributed by atoms with Crippen molar-refractivity contribution in [3.05, 3.63) is 52.8 Å². The molecule has 1 aliphatic carbocycles. The normalized spacial score (nSPS) is 23.4. The Bertz CT molecular complexity index is 699. The van der Waals surface area contributed by atoms with Crippen LogP contribution in [0.3, 0.4) is 0 Å². The van der Waals surface area contributed by atoms with Gasteiger partial charge < -0.3 is 4.90 Å². The van der Waals surface area contributed by atoms with E-state index in [0.717, 1.165) is 30.6 Å². The van der Waals surface area contributed by atoms with Crippen LogP contribution >= 0.6 is 0 Å². The Morgan fingerprint density at radius 1 is 1.30 bits per heavy atom. The molecule has 0 atom stereocenters. The average molecular weight is 311 g/mol. The van der Waals surface area contributed by atoms with Crippen molar-refractivity contribution in [1.82, 2.24) is 14.7 Å². The van der Waals surface area contributed by atoms with Crippen LogP contribution in [0.2, 0.25) is 0 Å². The van der Waals surface area contributed by atoms with Crippen molar-refractivity contribution in [1.29, 1.82) is 0 Å². The SMILES string of the molecule is Cc1nn(C)c(C)c1CN(C=O)C1CC(C)(c2ccccc2)C1. The first-order valence-electron chi connectivity index (χ1n) is 8.20. The van der Waals surface area contributed by atoms with Gasteiger partial charge in [-0.1, -0.05) is 37.3 Å². The third-order valence-corrected chi connectivity index (χ3v) is 5.45. The number of aryl methyl sites for hydroxylation is 2. The Morgan fingerprint density at radius 3 is 2.48 bits per heavy atom. The monoisotopic (exact) mass is 311 g/mol. The van der Waals surface area contributed by atoms with Gasteiger partial charge in [-0.25, -0.2) is 0 Å². The van der Waals surface area contributed by atoms with Gasteiger partial charge in [-0.05, 0) is 37.7 Å². The molecule has 4 nitrogen and oxygen atoms in total. The molecule has 4 heteroatoms. The molecular formula is C19H25N3O. The lowest BCUT2D eigenvalue weighted by Gasteiger charge is -2.49. The van der Waals surface area contributed by atoms with Crippen LogP contribution in [0.5, 0.6) is 0 Å². The maximum atomic E-state index is 11.6. The van der Waals surface area contributed by atoms with E-state index in [-0.39, 0.29) is 5.41 Å². The number of amides is 1. The molecule has 0 saturated heterocycles. The van der Waals surface area contributed by atoms with Crippen molar-refractivity contribution in [3.8, 4) is 0 Å². The third-order valence-electron chi connectivity index (χ3n) is 5.45. The maximum absolute atomic E-state index is 11.6. The summed E-state index contributed by atoms with van der Waals surface area (Å²) in [6.07, 6.45) is 3.04. The molecule has 23 heavy (non-hydrogen) atoms. The van der Waals surface area contributed by atoms with E-state index in [0.29, 0.717) is 12.6 Å². The minimum atomic E-state index is 0.187. The molecule has 0 N–H and O–H groups in total. The molecule has 2 aromatic rings. The van der Waals surface area contributed by atoms with Crippen molar-refractivity contribution in [3.63, 3.8) is 0 Å². The fourth-order valence-corrected chi connectivity index (χ4v) is 3.77. The molecule has 3 rings (SSSR count). The molecule has 1 saturated carbocycles. The Morgan fingerprint density at radius 2 is 1.96 bits per heavy atom. The molecule has 1 amide bonds. The van der Waals surface area contributed by atoms with Crippen LogP contribution < -0.4 is 0 Å². The van der Waals surface area contributed by atoms with E-state index < -0.39 is 0 Å². The van der Waals surface area contributed by atoms with Crippen molar-refractivity contribution >= 4 is 6.41 Å². The van der Waals surface area contributed by atoms with Gasteiger partial charge in [-0.3, -0.25) is 9.48 Å². The van der Waals surface area contributed by atoms with Crippen molar-refractivity contribution in [2.45, 2.75) is 51.6 Å². The Kier molecular flexibility index (Phi) is 4.00. The van der Waals surface area contributed by atoms with Gasteiger partial charge in [-0.2, -0.15) is 5.10 Å². The molecule has 0 radical (unpaired) electrons. The minimum Gasteiger partial charge on any atom is -0.338 e. The lowest BCUT2D eigenvalue weighted by atomic mass is 9.62. The van der Waals surface area contributed by atoms with E-state index in [1.165, 1.54) is 11.1 Å². The minimum absolute atomic E-state index is 0.187. The van der Waals surface area contributed by atoms with Crippen molar-refractivity contribution in [2.24, 2.45) is 7.05 Å². The summed E-state index contributed by atoms with van der Waals surface area (Å²) in [6.45, 7) is 7.03. The van der Waals surface area contributed by atoms with Crippen LogP contribution in [0.4, 0.5) is 0 Å². The molecule has 1 aromatic heterocycles. The highest BCUT2D eigenvalue weighted by atomic mass is 16.1. The number of carbonyl (C=O) groups is 1. The fraction of sp³-hybridized carbons (Fsp3) is 0.474. The van der Waals surface area contributed by atoms with Crippen LogP contribution in [0.15, 0.2) is 30.3 Å². The number of benzene rings is 1. The van der Waals surface area contributed by atoms with Gasteiger partial charge in [0.25, 0.3) is 0 Å². The van der Waals surface area contributed by atoms with Crippen LogP contribution in [0, 0.1) is 13.8 Å². The smallest absolute Gasteiger partial charge is 0.210 e. The van der Waals surface area contributed by atoms with E-state index in [9.17, 15) is 4.79 Å². The zero-order valence-electron chi connectivity index (χ0n) is 14.4. The summed E-state index contributed by atoms with van der Waals surface area (Å²) >= 11 is 0. The molecular weight excluding hydrogens is 286 g/mol. The standard InChI is InChI=1S/C19H25N3O/c1-14-18(15(2)21(4)20-14)12-22(13-23)17-10-19(3,11-17)16-8-6-5-7-9-16/h5-9,13,17H,10-12H2,1-4H3. The quantitative estimate of drug-likeness (QED) is 0.796. The lowest BCUT2D eigenvalue weighted by molar-refractivity contribution is -0.124. The van der Waals surface area contributed by atoms with Gasteiger partial charge in [0.05, 0.1) is 5.69 Å². The van der Waals surface area contributed by atoms with E-state index in [2.05, 4.69) is 49.3 Å². The summed E-state index contributed by atoms with van der Waals surface area (Å²) in [5, 5.41) is 4.45. The average Bonchev–Trinajstić information content (AvgIpc) is 2.76. The Labute approximate surface area is 138 Å². The first-order chi connectivity index (χ1) is 10.9.